The van der Waals surface area contributed by atoms with Crippen molar-refractivity contribution in [2.24, 2.45) is 0 Å². The molecule has 0 bridgehead atoms. The lowest BCUT2D eigenvalue weighted by Crippen LogP contribution is -2.51. The van der Waals surface area contributed by atoms with E-state index in [1.54, 1.807) is 0 Å². The van der Waals surface area contributed by atoms with Gasteiger partial charge in [-0.15, -0.1) is 37.2 Å². The molecule has 0 spiro atoms. The Labute approximate surface area is 176 Å². The summed E-state index contributed by atoms with van der Waals surface area (Å²) in [6, 6.07) is 0.352. The van der Waals surface area contributed by atoms with Crippen LogP contribution in [-0.2, 0) is 9.47 Å². The van der Waals surface area contributed by atoms with Crippen molar-refractivity contribution in [3.63, 3.8) is 0 Å². The Morgan fingerprint density at radius 1 is 1.00 bits per heavy atom. The number of aliphatic hydroxyl groups excluding tert-OH is 2. The third kappa shape index (κ3) is 8.31. The molecule has 3 N–H and O–H groups in total. The smallest absolute Gasteiger partial charge is 0.109 e. The first-order valence-corrected chi connectivity index (χ1v) is 8.63. The summed E-state index contributed by atoms with van der Waals surface area (Å²) >= 11 is 0. The highest BCUT2D eigenvalue weighted by Crippen LogP contribution is 2.25. The summed E-state index contributed by atoms with van der Waals surface area (Å²) in [7, 11) is 6.09. The van der Waals surface area contributed by atoms with Crippen LogP contribution in [0.1, 0.15) is 12.8 Å². The maximum absolute atomic E-state index is 10.5. The summed E-state index contributed by atoms with van der Waals surface area (Å²) in [6.45, 7) is 3.92. The van der Waals surface area contributed by atoms with Gasteiger partial charge in [-0.05, 0) is 34.0 Å². The quantitative estimate of drug-likeness (QED) is 0.490. The number of likely N-dealkylation sites (N-methyl/N-ethyl adjacent to an activating group) is 2. The van der Waals surface area contributed by atoms with Gasteiger partial charge in [-0.1, -0.05) is 0 Å². The van der Waals surface area contributed by atoms with Crippen molar-refractivity contribution in [3.05, 3.63) is 0 Å². The molecule has 0 unspecified atom stereocenters. The Morgan fingerprint density at radius 3 is 2.15 bits per heavy atom. The number of hydrogen-bond acceptors (Lipinski definition) is 7. The SMILES string of the molecule is CN(C)CCN(C)[C@@H]1[C@H](O)[C@H](CO)O[C@@H]1CNC1CCOCC1.Cl.Cl.Cl. The van der Waals surface area contributed by atoms with Crippen molar-refractivity contribution >= 4 is 37.2 Å². The van der Waals surface area contributed by atoms with E-state index in [9.17, 15) is 10.2 Å². The van der Waals surface area contributed by atoms with Crippen LogP contribution in [0.4, 0.5) is 0 Å². The Balaban J connectivity index is 0. The summed E-state index contributed by atoms with van der Waals surface area (Å²) in [4.78, 5) is 4.27. The highest BCUT2D eigenvalue weighted by Gasteiger charge is 2.45. The topological polar surface area (TPSA) is 77.4 Å². The highest BCUT2D eigenvalue weighted by molar-refractivity contribution is 5.86. The molecule has 2 heterocycles. The highest BCUT2D eigenvalue weighted by atomic mass is 35.5. The summed E-state index contributed by atoms with van der Waals surface area (Å²) in [6.07, 6.45) is 0.758. The number of hydrogen-bond donors (Lipinski definition) is 3. The summed E-state index contributed by atoms with van der Waals surface area (Å²) in [5.41, 5.74) is 0. The third-order valence-electron chi connectivity index (χ3n) is 4.88. The van der Waals surface area contributed by atoms with Gasteiger partial charge in [0.15, 0.2) is 0 Å². The maximum atomic E-state index is 10.5. The van der Waals surface area contributed by atoms with Crippen LogP contribution in [0.3, 0.4) is 0 Å². The van der Waals surface area contributed by atoms with E-state index in [-0.39, 0.29) is 56.0 Å². The average Bonchev–Trinajstić information content (AvgIpc) is 2.87. The number of nitrogens with one attached hydrogen (secondary N) is 1. The minimum atomic E-state index is -0.659. The fourth-order valence-corrected chi connectivity index (χ4v) is 3.38. The van der Waals surface area contributed by atoms with Gasteiger partial charge in [0.1, 0.15) is 12.2 Å². The second-order valence-corrected chi connectivity index (χ2v) is 6.96. The first-order valence-electron chi connectivity index (χ1n) is 8.63. The van der Waals surface area contributed by atoms with E-state index in [4.69, 9.17) is 9.47 Å². The number of rotatable bonds is 8. The van der Waals surface area contributed by atoms with Gasteiger partial charge in [0.25, 0.3) is 0 Å². The Morgan fingerprint density at radius 2 is 1.62 bits per heavy atom. The van der Waals surface area contributed by atoms with Gasteiger partial charge >= 0.3 is 0 Å². The molecule has 2 fully saturated rings. The lowest BCUT2D eigenvalue weighted by Gasteiger charge is -2.32. The Kier molecular flexibility index (Phi) is 16.1. The molecule has 2 rings (SSSR count). The zero-order valence-corrected chi connectivity index (χ0v) is 18.3. The van der Waals surface area contributed by atoms with E-state index >= 15 is 0 Å². The molecule has 0 aliphatic carbocycles. The lowest BCUT2D eigenvalue weighted by molar-refractivity contribution is -0.0229. The summed E-state index contributed by atoms with van der Waals surface area (Å²) < 4.78 is 11.3. The van der Waals surface area contributed by atoms with Gasteiger partial charge in [-0.2, -0.15) is 0 Å². The zero-order chi connectivity index (χ0) is 16.8. The van der Waals surface area contributed by atoms with Crippen molar-refractivity contribution in [2.45, 2.75) is 43.2 Å². The third-order valence-corrected chi connectivity index (χ3v) is 4.88. The van der Waals surface area contributed by atoms with Crippen LogP contribution >= 0.6 is 37.2 Å². The monoisotopic (exact) mass is 439 g/mol. The second-order valence-electron chi connectivity index (χ2n) is 6.96. The van der Waals surface area contributed by atoms with Crippen molar-refractivity contribution in [1.82, 2.24) is 15.1 Å². The fourth-order valence-electron chi connectivity index (χ4n) is 3.38. The molecule has 0 aromatic carbocycles. The normalized spacial score (nSPS) is 29.2. The molecule has 0 aromatic rings. The van der Waals surface area contributed by atoms with Gasteiger partial charge in [0.05, 0.1) is 18.8 Å². The standard InChI is InChI=1S/C16H33N3O4.3ClH/c1-18(2)6-7-19(3)15-13(23-14(11-20)16(15)21)10-17-12-4-8-22-9-5-12;;;/h12-17,20-21H,4-11H2,1-3H3;3*1H/t13-,14+,15+,16-;;;/m1.../s1. The van der Waals surface area contributed by atoms with Crippen molar-refractivity contribution in [3.8, 4) is 0 Å². The molecule has 0 amide bonds. The average molecular weight is 441 g/mol. The van der Waals surface area contributed by atoms with E-state index in [0.717, 1.165) is 39.1 Å². The van der Waals surface area contributed by atoms with Crippen LogP contribution in [0.2, 0.25) is 0 Å². The minimum Gasteiger partial charge on any atom is -0.394 e. The molecule has 26 heavy (non-hydrogen) atoms. The molecule has 0 saturated carbocycles. The molecule has 2 saturated heterocycles. The first kappa shape index (κ1) is 28.8. The molecule has 7 nitrogen and oxygen atoms in total. The van der Waals surface area contributed by atoms with E-state index in [1.807, 2.05) is 21.1 Å². The van der Waals surface area contributed by atoms with Crippen LogP contribution in [0.25, 0.3) is 0 Å². The van der Waals surface area contributed by atoms with Gasteiger partial charge in [0.2, 0.25) is 0 Å². The van der Waals surface area contributed by atoms with Crippen molar-refractivity contribution < 1.29 is 19.7 Å². The molecule has 2 aliphatic heterocycles. The lowest BCUT2D eigenvalue weighted by atomic mass is 10.0. The minimum absolute atomic E-state index is 0. The molecule has 160 valence electrons. The van der Waals surface area contributed by atoms with E-state index in [2.05, 4.69) is 15.1 Å². The molecular formula is C16H36Cl3N3O4. The summed E-state index contributed by atoms with van der Waals surface area (Å²) in [5, 5.41) is 23.5. The van der Waals surface area contributed by atoms with Crippen LogP contribution < -0.4 is 5.32 Å². The van der Waals surface area contributed by atoms with Gasteiger partial charge in [-0.3, -0.25) is 4.90 Å². The van der Waals surface area contributed by atoms with E-state index in [0.29, 0.717) is 12.6 Å². The predicted molar refractivity (Wildman–Crippen MR) is 110 cm³/mol. The van der Waals surface area contributed by atoms with E-state index < -0.39 is 12.2 Å². The molecular weight excluding hydrogens is 405 g/mol. The van der Waals surface area contributed by atoms with Crippen LogP contribution in [0.15, 0.2) is 0 Å². The second kappa shape index (κ2) is 14.6. The van der Waals surface area contributed by atoms with Crippen molar-refractivity contribution in [1.29, 1.82) is 0 Å². The molecule has 4 atom stereocenters. The molecule has 0 radical (unpaired) electrons. The van der Waals surface area contributed by atoms with E-state index in [1.165, 1.54) is 0 Å². The zero-order valence-electron chi connectivity index (χ0n) is 15.9. The van der Waals surface area contributed by atoms with Crippen molar-refractivity contribution in [2.75, 3.05) is 60.6 Å². The van der Waals surface area contributed by atoms with Gasteiger partial charge in [-0.25, -0.2) is 0 Å². The van der Waals surface area contributed by atoms with Crippen LogP contribution in [-0.4, -0.2) is 111 Å². The largest absolute Gasteiger partial charge is 0.394 e. The number of ether oxygens (including phenoxy) is 2. The van der Waals surface area contributed by atoms with Gasteiger partial charge < -0.3 is 29.9 Å². The molecule has 2 aliphatic rings. The maximum Gasteiger partial charge on any atom is 0.109 e. The Bertz CT molecular complexity index is 353. The van der Waals surface area contributed by atoms with Gasteiger partial charge in [0, 0.05) is 38.9 Å². The number of aliphatic hydroxyl groups is 2. The number of halogens is 3. The molecule has 10 heteroatoms. The number of nitrogens with zero attached hydrogens (tertiary/aromatic N) is 2. The first-order chi connectivity index (χ1) is 11.0. The summed E-state index contributed by atoms with van der Waals surface area (Å²) in [5.74, 6) is 0. The fraction of sp³-hybridized carbons (Fsp3) is 1.00. The van der Waals surface area contributed by atoms with Crippen LogP contribution in [0.5, 0.6) is 0 Å². The Hall–Kier alpha value is 0.590. The predicted octanol–water partition coefficient (Wildman–Crippen LogP) is 0.00300. The molecule has 0 aromatic heterocycles. The van der Waals surface area contributed by atoms with Crippen LogP contribution in [0, 0.1) is 0 Å².